The molecule has 0 spiro atoms. The molecule has 1 unspecified atom stereocenters. The second-order valence-electron chi connectivity index (χ2n) is 6.57. The van der Waals surface area contributed by atoms with Crippen molar-refractivity contribution in [2.45, 2.75) is 5.72 Å². The predicted octanol–water partition coefficient (Wildman–Crippen LogP) is 3.66. The molecule has 0 radical (unpaired) electrons. The van der Waals surface area contributed by atoms with Crippen LogP contribution in [0.25, 0.3) is 0 Å². The lowest BCUT2D eigenvalue weighted by Crippen LogP contribution is -2.63. The summed E-state index contributed by atoms with van der Waals surface area (Å²) >= 11 is 0. The number of carbonyl (C=O) groups is 1. The third-order valence-electron chi connectivity index (χ3n) is 4.83. The summed E-state index contributed by atoms with van der Waals surface area (Å²) < 4.78 is 6.53. The highest BCUT2D eigenvalue weighted by Crippen LogP contribution is 2.34. The number of piperazine rings is 1. The zero-order chi connectivity index (χ0) is 18.5. The molecule has 1 fully saturated rings. The van der Waals surface area contributed by atoms with Crippen LogP contribution in [0.5, 0.6) is 5.75 Å². The molecule has 1 N–H and O–H groups in total. The van der Waals surface area contributed by atoms with E-state index in [4.69, 9.17) is 4.74 Å². The number of nitrogens with zero attached hydrogens (tertiary/aromatic N) is 1. The number of carbonyl (C=O) groups excluding carboxylic acids is 1. The Balaban J connectivity index is 1.80. The van der Waals surface area contributed by atoms with Crippen LogP contribution in [-0.2, 0) is 5.72 Å². The molecule has 27 heavy (non-hydrogen) atoms. The summed E-state index contributed by atoms with van der Waals surface area (Å²) in [6.45, 7) is 1.81. The van der Waals surface area contributed by atoms with Gasteiger partial charge in [-0.25, -0.2) is 0 Å². The van der Waals surface area contributed by atoms with E-state index in [1.54, 1.807) is 0 Å². The number of hydrogen-bond acceptors (Lipinski definition) is 3. The highest BCUT2D eigenvalue weighted by molar-refractivity contribution is 5.94. The monoisotopic (exact) mass is 358 g/mol. The molecule has 136 valence electrons. The average molecular weight is 358 g/mol. The van der Waals surface area contributed by atoms with E-state index in [1.165, 1.54) is 0 Å². The van der Waals surface area contributed by atoms with Crippen molar-refractivity contribution in [3.8, 4) is 5.75 Å². The first kappa shape index (κ1) is 17.3. The standard InChI is InChI=1S/C23H22N2O2/c26-22(19-10-4-1-5-11-19)25-17-16-24-18-23(25,20-12-6-2-7-13-20)27-21-14-8-3-9-15-21/h1-15,24H,16-18H2. The van der Waals surface area contributed by atoms with Crippen molar-refractivity contribution in [2.24, 2.45) is 0 Å². The normalized spacial score (nSPS) is 19.5. The van der Waals surface area contributed by atoms with Crippen LogP contribution in [0.1, 0.15) is 15.9 Å². The van der Waals surface area contributed by atoms with E-state index in [2.05, 4.69) is 5.32 Å². The molecule has 4 heteroatoms. The molecule has 3 aromatic rings. The minimum atomic E-state index is -0.909. The van der Waals surface area contributed by atoms with Crippen LogP contribution < -0.4 is 10.1 Å². The lowest BCUT2D eigenvalue weighted by Gasteiger charge is -2.47. The van der Waals surface area contributed by atoms with Gasteiger partial charge in [0.2, 0.25) is 5.72 Å². The summed E-state index contributed by atoms with van der Waals surface area (Å²) in [6, 6.07) is 29.0. The topological polar surface area (TPSA) is 41.6 Å². The first-order chi connectivity index (χ1) is 13.3. The summed E-state index contributed by atoms with van der Waals surface area (Å²) in [6.07, 6.45) is 0. The summed E-state index contributed by atoms with van der Waals surface area (Å²) in [4.78, 5) is 15.2. The van der Waals surface area contributed by atoms with Crippen molar-refractivity contribution >= 4 is 5.91 Å². The molecule has 0 aromatic heterocycles. The molecule has 0 saturated carbocycles. The summed E-state index contributed by atoms with van der Waals surface area (Å²) in [5.74, 6) is 0.702. The molecular weight excluding hydrogens is 336 g/mol. The maximum absolute atomic E-state index is 13.4. The van der Waals surface area contributed by atoms with Crippen LogP contribution in [0.15, 0.2) is 91.0 Å². The van der Waals surface area contributed by atoms with Gasteiger partial charge in [0.1, 0.15) is 5.75 Å². The van der Waals surface area contributed by atoms with Gasteiger partial charge >= 0.3 is 0 Å². The number of ether oxygens (including phenoxy) is 1. The number of benzene rings is 3. The Morgan fingerprint density at radius 3 is 2.11 bits per heavy atom. The molecule has 1 aliphatic heterocycles. The Morgan fingerprint density at radius 1 is 0.852 bits per heavy atom. The van der Waals surface area contributed by atoms with Crippen molar-refractivity contribution in [3.05, 3.63) is 102 Å². The van der Waals surface area contributed by atoms with Crippen LogP contribution in [-0.4, -0.2) is 30.4 Å². The highest BCUT2D eigenvalue weighted by Gasteiger charge is 2.45. The van der Waals surface area contributed by atoms with Gasteiger partial charge in [-0.2, -0.15) is 0 Å². The van der Waals surface area contributed by atoms with Gasteiger partial charge < -0.3 is 10.1 Å². The van der Waals surface area contributed by atoms with Gasteiger partial charge in [-0.3, -0.25) is 9.69 Å². The molecule has 3 aromatic carbocycles. The minimum Gasteiger partial charge on any atom is -0.462 e. The first-order valence-corrected chi connectivity index (χ1v) is 9.17. The molecule has 1 aliphatic rings. The minimum absolute atomic E-state index is 0.0307. The fourth-order valence-corrected chi connectivity index (χ4v) is 3.52. The number of amides is 1. The van der Waals surface area contributed by atoms with Crippen molar-refractivity contribution in [1.82, 2.24) is 10.2 Å². The Labute approximate surface area is 159 Å². The molecule has 1 atom stereocenters. The third kappa shape index (κ3) is 3.44. The molecule has 0 bridgehead atoms. The molecule has 0 aliphatic carbocycles. The summed E-state index contributed by atoms with van der Waals surface area (Å²) in [7, 11) is 0. The zero-order valence-corrected chi connectivity index (χ0v) is 15.0. The van der Waals surface area contributed by atoms with Gasteiger partial charge in [0.25, 0.3) is 5.91 Å². The Morgan fingerprint density at radius 2 is 1.44 bits per heavy atom. The lowest BCUT2D eigenvalue weighted by atomic mass is 9.97. The Bertz CT molecular complexity index is 884. The molecule has 4 rings (SSSR count). The smallest absolute Gasteiger partial charge is 0.257 e. The van der Waals surface area contributed by atoms with Crippen molar-refractivity contribution < 1.29 is 9.53 Å². The van der Waals surface area contributed by atoms with E-state index < -0.39 is 5.72 Å². The van der Waals surface area contributed by atoms with E-state index in [0.717, 1.165) is 17.9 Å². The molecule has 4 nitrogen and oxygen atoms in total. The van der Waals surface area contributed by atoms with Crippen LogP contribution in [0, 0.1) is 0 Å². The highest BCUT2D eigenvalue weighted by atomic mass is 16.5. The van der Waals surface area contributed by atoms with E-state index in [-0.39, 0.29) is 5.91 Å². The SMILES string of the molecule is O=C(c1ccccc1)N1CCNCC1(Oc1ccccc1)c1ccccc1. The number of nitrogens with one attached hydrogen (secondary N) is 1. The summed E-state index contributed by atoms with van der Waals surface area (Å²) in [5, 5.41) is 3.41. The van der Waals surface area contributed by atoms with Crippen LogP contribution in [0.4, 0.5) is 0 Å². The Hall–Kier alpha value is -3.11. The van der Waals surface area contributed by atoms with E-state index >= 15 is 0 Å². The largest absolute Gasteiger partial charge is 0.462 e. The van der Waals surface area contributed by atoms with E-state index in [1.807, 2.05) is 95.9 Å². The van der Waals surface area contributed by atoms with Crippen molar-refractivity contribution in [2.75, 3.05) is 19.6 Å². The average Bonchev–Trinajstić information content (AvgIpc) is 2.75. The number of rotatable bonds is 4. The number of hydrogen-bond donors (Lipinski definition) is 1. The second kappa shape index (κ2) is 7.64. The first-order valence-electron chi connectivity index (χ1n) is 9.17. The molecule has 1 saturated heterocycles. The van der Waals surface area contributed by atoms with Gasteiger partial charge in [-0.05, 0) is 24.3 Å². The van der Waals surface area contributed by atoms with Crippen LogP contribution >= 0.6 is 0 Å². The van der Waals surface area contributed by atoms with Crippen LogP contribution in [0.3, 0.4) is 0 Å². The van der Waals surface area contributed by atoms with Gasteiger partial charge in [-0.1, -0.05) is 66.7 Å². The van der Waals surface area contributed by atoms with Crippen molar-refractivity contribution in [3.63, 3.8) is 0 Å². The third-order valence-corrected chi connectivity index (χ3v) is 4.83. The molecular formula is C23H22N2O2. The fourth-order valence-electron chi connectivity index (χ4n) is 3.52. The number of para-hydroxylation sites is 1. The van der Waals surface area contributed by atoms with Gasteiger partial charge in [0.15, 0.2) is 0 Å². The second-order valence-corrected chi connectivity index (χ2v) is 6.57. The maximum atomic E-state index is 13.4. The predicted molar refractivity (Wildman–Crippen MR) is 106 cm³/mol. The fraction of sp³-hybridized carbons (Fsp3) is 0.174. The van der Waals surface area contributed by atoms with Gasteiger partial charge in [0.05, 0.1) is 6.54 Å². The zero-order valence-electron chi connectivity index (χ0n) is 15.0. The van der Waals surface area contributed by atoms with Gasteiger partial charge in [0, 0.05) is 24.2 Å². The molecule has 1 heterocycles. The van der Waals surface area contributed by atoms with Crippen LogP contribution in [0.2, 0.25) is 0 Å². The van der Waals surface area contributed by atoms with E-state index in [9.17, 15) is 4.79 Å². The Kier molecular flexibility index (Phi) is 4.90. The maximum Gasteiger partial charge on any atom is 0.257 e. The molecule has 1 amide bonds. The lowest BCUT2D eigenvalue weighted by molar-refractivity contribution is -0.0841. The quantitative estimate of drug-likeness (QED) is 0.774. The summed E-state index contributed by atoms with van der Waals surface area (Å²) in [5.41, 5.74) is 0.704. The van der Waals surface area contributed by atoms with E-state index in [0.29, 0.717) is 18.7 Å². The van der Waals surface area contributed by atoms with Crippen molar-refractivity contribution in [1.29, 1.82) is 0 Å². The van der Waals surface area contributed by atoms with Gasteiger partial charge in [-0.15, -0.1) is 0 Å².